The zero-order valence-corrected chi connectivity index (χ0v) is 9.50. The number of fused-ring (bicyclic) bond motifs is 1. The Bertz CT molecular complexity index is 247. The molecule has 2 aliphatic carbocycles. The summed E-state index contributed by atoms with van der Waals surface area (Å²) in [5, 5.41) is 0. The Labute approximate surface area is 88.1 Å². The van der Waals surface area contributed by atoms with Crippen LogP contribution in [0.5, 0.6) is 0 Å². The molecule has 0 heteroatoms. The number of rotatable bonds is 0. The Morgan fingerprint density at radius 2 is 2.07 bits per heavy atom. The molecule has 1 saturated carbocycles. The fraction of sp³-hybridized carbons (Fsp3) is 0.714. The Morgan fingerprint density at radius 3 is 2.93 bits per heavy atom. The average molecular weight is 190 g/mol. The molecule has 0 aromatic heterocycles. The SMILES string of the molecule is CC1CC(C)C2CCCC/C=C/C=C/12. The van der Waals surface area contributed by atoms with Crippen LogP contribution in [0.25, 0.3) is 0 Å². The second-order valence-corrected chi connectivity index (χ2v) is 5.10. The molecule has 0 aromatic carbocycles. The molecule has 1 fully saturated rings. The molecule has 78 valence electrons. The lowest BCUT2D eigenvalue weighted by molar-refractivity contribution is 0.413. The molecule has 0 bridgehead atoms. The summed E-state index contributed by atoms with van der Waals surface area (Å²) in [6.07, 6.45) is 14.0. The normalized spacial score (nSPS) is 44.1. The van der Waals surface area contributed by atoms with E-state index in [1.807, 2.05) is 0 Å². The first-order valence-corrected chi connectivity index (χ1v) is 6.15. The van der Waals surface area contributed by atoms with Gasteiger partial charge in [0.05, 0.1) is 0 Å². The number of allylic oxidation sites excluding steroid dienone is 4. The van der Waals surface area contributed by atoms with Crippen molar-refractivity contribution >= 4 is 0 Å². The molecule has 2 rings (SSSR count). The van der Waals surface area contributed by atoms with Crippen LogP contribution >= 0.6 is 0 Å². The van der Waals surface area contributed by atoms with Crippen molar-refractivity contribution in [1.29, 1.82) is 0 Å². The van der Waals surface area contributed by atoms with Gasteiger partial charge in [-0.3, -0.25) is 0 Å². The Balaban J connectivity index is 2.19. The molecule has 14 heavy (non-hydrogen) atoms. The van der Waals surface area contributed by atoms with Crippen LogP contribution in [0.15, 0.2) is 23.8 Å². The van der Waals surface area contributed by atoms with Crippen molar-refractivity contribution in [2.75, 3.05) is 0 Å². The highest BCUT2D eigenvalue weighted by Gasteiger charge is 2.32. The van der Waals surface area contributed by atoms with Gasteiger partial charge in [-0.25, -0.2) is 0 Å². The summed E-state index contributed by atoms with van der Waals surface area (Å²) in [4.78, 5) is 0. The van der Waals surface area contributed by atoms with Crippen molar-refractivity contribution in [1.82, 2.24) is 0 Å². The molecule has 0 amide bonds. The van der Waals surface area contributed by atoms with Gasteiger partial charge in [-0.15, -0.1) is 0 Å². The minimum atomic E-state index is 0.831. The summed E-state index contributed by atoms with van der Waals surface area (Å²) < 4.78 is 0. The Morgan fingerprint density at radius 1 is 1.21 bits per heavy atom. The molecule has 3 unspecified atom stereocenters. The van der Waals surface area contributed by atoms with E-state index in [2.05, 4.69) is 32.1 Å². The zero-order valence-electron chi connectivity index (χ0n) is 9.50. The van der Waals surface area contributed by atoms with E-state index >= 15 is 0 Å². The molecular formula is C14H22. The van der Waals surface area contributed by atoms with E-state index in [-0.39, 0.29) is 0 Å². The summed E-state index contributed by atoms with van der Waals surface area (Å²) in [5.41, 5.74) is 1.73. The lowest BCUT2D eigenvalue weighted by atomic mass is 9.89. The van der Waals surface area contributed by atoms with Crippen molar-refractivity contribution < 1.29 is 0 Å². The molecule has 0 aliphatic heterocycles. The van der Waals surface area contributed by atoms with E-state index in [4.69, 9.17) is 0 Å². The van der Waals surface area contributed by atoms with Crippen molar-refractivity contribution in [3.8, 4) is 0 Å². The van der Waals surface area contributed by atoms with Crippen LogP contribution in [0.4, 0.5) is 0 Å². The van der Waals surface area contributed by atoms with E-state index < -0.39 is 0 Å². The minimum absolute atomic E-state index is 0.831. The maximum Gasteiger partial charge on any atom is -0.0171 e. The molecular weight excluding hydrogens is 168 g/mol. The highest BCUT2D eigenvalue weighted by atomic mass is 14.4. The predicted molar refractivity (Wildman–Crippen MR) is 62.1 cm³/mol. The van der Waals surface area contributed by atoms with Gasteiger partial charge in [0.25, 0.3) is 0 Å². The Hall–Kier alpha value is -0.520. The third kappa shape index (κ3) is 1.94. The molecule has 3 atom stereocenters. The monoisotopic (exact) mass is 190 g/mol. The third-order valence-electron chi connectivity index (χ3n) is 3.97. The maximum absolute atomic E-state index is 2.43. The molecule has 2 aliphatic rings. The first-order chi connectivity index (χ1) is 6.79. The molecule has 0 saturated heterocycles. The van der Waals surface area contributed by atoms with Crippen LogP contribution in [0.1, 0.15) is 46.0 Å². The standard InChI is InChI=1S/C14H22/c1-11-10-12(2)14-9-7-5-3-4-6-8-13(11)14/h4,6,8,11-12,14H,3,5,7,9-10H2,1-2H3/b6-4+,13-8-. The molecule has 0 nitrogen and oxygen atoms in total. The molecule has 0 aromatic rings. The van der Waals surface area contributed by atoms with Gasteiger partial charge in [0.15, 0.2) is 0 Å². The second-order valence-electron chi connectivity index (χ2n) is 5.10. The van der Waals surface area contributed by atoms with Gasteiger partial charge in [0.1, 0.15) is 0 Å². The smallest absolute Gasteiger partial charge is 0.0171 e. The fourth-order valence-electron chi connectivity index (χ4n) is 3.19. The topological polar surface area (TPSA) is 0 Å². The predicted octanol–water partition coefficient (Wildman–Crippen LogP) is 4.34. The minimum Gasteiger partial charge on any atom is -0.0845 e. The zero-order chi connectivity index (χ0) is 9.97. The van der Waals surface area contributed by atoms with Crippen molar-refractivity contribution in [2.24, 2.45) is 17.8 Å². The van der Waals surface area contributed by atoms with Crippen LogP contribution in [0.2, 0.25) is 0 Å². The highest BCUT2D eigenvalue weighted by Crippen LogP contribution is 2.43. The summed E-state index contributed by atoms with van der Waals surface area (Å²) in [7, 11) is 0. The quantitative estimate of drug-likeness (QED) is 0.533. The number of hydrogen-bond donors (Lipinski definition) is 0. The molecule has 0 heterocycles. The van der Waals surface area contributed by atoms with Crippen molar-refractivity contribution in [2.45, 2.75) is 46.0 Å². The van der Waals surface area contributed by atoms with E-state index in [9.17, 15) is 0 Å². The first kappa shape index (κ1) is 10.0. The summed E-state index contributed by atoms with van der Waals surface area (Å²) in [5.74, 6) is 2.65. The highest BCUT2D eigenvalue weighted by molar-refractivity contribution is 5.22. The van der Waals surface area contributed by atoms with Crippen molar-refractivity contribution in [3.05, 3.63) is 23.8 Å². The first-order valence-electron chi connectivity index (χ1n) is 6.15. The van der Waals surface area contributed by atoms with Crippen molar-refractivity contribution in [3.63, 3.8) is 0 Å². The molecule has 0 N–H and O–H groups in total. The lowest BCUT2D eigenvalue weighted by Gasteiger charge is -2.16. The van der Waals surface area contributed by atoms with E-state index in [1.54, 1.807) is 5.57 Å². The second kappa shape index (κ2) is 4.33. The van der Waals surface area contributed by atoms with Crippen LogP contribution in [-0.4, -0.2) is 0 Å². The maximum atomic E-state index is 2.43. The Kier molecular flexibility index (Phi) is 3.10. The summed E-state index contributed by atoms with van der Waals surface area (Å²) in [6, 6.07) is 0. The third-order valence-corrected chi connectivity index (χ3v) is 3.97. The van der Waals surface area contributed by atoms with Gasteiger partial charge >= 0.3 is 0 Å². The van der Waals surface area contributed by atoms with E-state index in [1.165, 1.54) is 32.1 Å². The molecule has 0 spiro atoms. The van der Waals surface area contributed by atoms with Gasteiger partial charge < -0.3 is 0 Å². The van der Waals surface area contributed by atoms with Crippen LogP contribution < -0.4 is 0 Å². The van der Waals surface area contributed by atoms with Gasteiger partial charge in [0, 0.05) is 0 Å². The van der Waals surface area contributed by atoms with Gasteiger partial charge in [-0.05, 0) is 43.4 Å². The van der Waals surface area contributed by atoms with E-state index in [0.717, 1.165) is 17.8 Å². The van der Waals surface area contributed by atoms with E-state index in [0.29, 0.717) is 0 Å². The van der Waals surface area contributed by atoms with Crippen LogP contribution in [-0.2, 0) is 0 Å². The lowest BCUT2D eigenvalue weighted by Crippen LogP contribution is -2.05. The molecule has 0 radical (unpaired) electrons. The van der Waals surface area contributed by atoms with Gasteiger partial charge in [-0.2, -0.15) is 0 Å². The summed E-state index contributed by atoms with van der Waals surface area (Å²) in [6.45, 7) is 4.83. The fourth-order valence-corrected chi connectivity index (χ4v) is 3.19. The average Bonchev–Trinajstić information content (AvgIpc) is 2.48. The van der Waals surface area contributed by atoms with Crippen LogP contribution in [0.3, 0.4) is 0 Å². The van der Waals surface area contributed by atoms with Gasteiger partial charge in [0.2, 0.25) is 0 Å². The summed E-state index contributed by atoms with van der Waals surface area (Å²) >= 11 is 0. The van der Waals surface area contributed by atoms with Crippen LogP contribution in [0, 0.1) is 17.8 Å². The number of hydrogen-bond acceptors (Lipinski definition) is 0. The van der Waals surface area contributed by atoms with Gasteiger partial charge in [-0.1, -0.05) is 44.1 Å². The largest absolute Gasteiger partial charge is 0.0845 e.